The fraction of sp³-hybridized carbons (Fsp3) is 0.588. The van der Waals surface area contributed by atoms with E-state index in [1.807, 2.05) is 42.3 Å². The van der Waals surface area contributed by atoms with Crippen LogP contribution in [0.3, 0.4) is 0 Å². The first-order chi connectivity index (χ1) is 9.59. The Hall–Kier alpha value is -1.35. The molecule has 0 saturated heterocycles. The second-order valence-corrected chi connectivity index (χ2v) is 6.07. The molecule has 0 bridgehead atoms. The maximum Gasteiger partial charge on any atom is 0.239 e. The Morgan fingerprint density at radius 3 is 2.60 bits per heavy atom. The van der Waals surface area contributed by atoms with Crippen LogP contribution in [-0.4, -0.2) is 29.9 Å². The van der Waals surface area contributed by atoms with Gasteiger partial charge in [0.25, 0.3) is 0 Å². The third-order valence-corrected chi connectivity index (χ3v) is 4.53. The summed E-state index contributed by atoms with van der Waals surface area (Å²) in [7, 11) is 1.92. The van der Waals surface area contributed by atoms with E-state index in [9.17, 15) is 4.79 Å². The highest BCUT2D eigenvalue weighted by atomic mass is 16.2. The molecule has 0 aromatic heterocycles. The third kappa shape index (κ3) is 3.60. The monoisotopic (exact) mass is 274 g/mol. The summed E-state index contributed by atoms with van der Waals surface area (Å²) in [6.07, 6.45) is 5.46. The summed E-state index contributed by atoms with van der Waals surface area (Å²) < 4.78 is 0. The number of likely N-dealkylation sites (N-methyl/N-ethyl adjacent to an activating group) is 1. The molecule has 1 saturated carbocycles. The summed E-state index contributed by atoms with van der Waals surface area (Å²) in [5.74, 6) is 0.661. The van der Waals surface area contributed by atoms with Crippen LogP contribution >= 0.6 is 0 Å². The van der Waals surface area contributed by atoms with Crippen LogP contribution in [-0.2, 0) is 11.2 Å². The van der Waals surface area contributed by atoms with E-state index in [-0.39, 0.29) is 5.91 Å². The lowest BCUT2D eigenvalue weighted by atomic mass is 9.85. The van der Waals surface area contributed by atoms with Crippen LogP contribution in [0.5, 0.6) is 0 Å². The topological polar surface area (TPSA) is 46.3 Å². The van der Waals surface area contributed by atoms with Crippen molar-refractivity contribution in [3.8, 4) is 0 Å². The Morgan fingerprint density at radius 1 is 1.30 bits per heavy atom. The fourth-order valence-corrected chi connectivity index (χ4v) is 3.25. The highest BCUT2D eigenvalue weighted by molar-refractivity contribution is 5.82. The molecular formula is C17H26N2O. The summed E-state index contributed by atoms with van der Waals surface area (Å²) >= 11 is 0. The van der Waals surface area contributed by atoms with Gasteiger partial charge in [-0.3, -0.25) is 4.79 Å². The lowest BCUT2D eigenvalue weighted by Gasteiger charge is -2.37. The number of hydrogen-bond donors (Lipinski definition) is 1. The number of nitrogens with zero attached hydrogens (tertiary/aromatic N) is 1. The maximum absolute atomic E-state index is 12.5. The number of benzene rings is 1. The molecule has 1 aromatic rings. The van der Waals surface area contributed by atoms with Gasteiger partial charge in [-0.15, -0.1) is 0 Å². The average molecular weight is 274 g/mol. The second kappa shape index (κ2) is 6.89. The van der Waals surface area contributed by atoms with Crippen molar-refractivity contribution in [3.05, 3.63) is 35.9 Å². The van der Waals surface area contributed by atoms with Gasteiger partial charge in [-0.05, 0) is 30.7 Å². The number of carbonyl (C=O) groups excluding carboxylic acids is 1. The van der Waals surface area contributed by atoms with Crippen LogP contribution in [0.15, 0.2) is 30.3 Å². The van der Waals surface area contributed by atoms with E-state index in [0.717, 1.165) is 12.0 Å². The summed E-state index contributed by atoms with van der Waals surface area (Å²) in [5, 5.41) is 0. The summed E-state index contributed by atoms with van der Waals surface area (Å²) in [6, 6.07) is 9.92. The van der Waals surface area contributed by atoms with Gasteiger partial charge in [0.05, 0.1) is 6.04 Å². The largest absolute Gasteiger partial charge is 0.341 e. The van der Waals surface area contributed by atoms with Crippen LogP contribution in [0.2, 0.25) is 0 Å². The van der Waals surface area contributed by atoms with Gasteiger partial charge in [0, 0.05) is 13.1 Å². The van der Waals surface area contributed by atoms with E-state index in [1.165, 1.54) is 19.3 Å². The molecule has 1 fully saturated rings. The first kappa shape index (κ1) is 15.0. The van der Waals surface area contributed by atoms with Crippen molar-refractivity contribution >= 4 is 5.91 Å². The van der Waals surface area contributed by atoms with E-state index >= 15 is 0 Å². The van der Waals surface area contributed by atoms with Gasteiger partial charge in [-0.1, -0.05) is 50.1 Å². The molecule has 1 aliphatic carbocycles. The minimum Gasteiger partial charge on any atom is -0.341 e. The van der Waals surface area contributed by atoms with Crippen molar-refractivity contribution < 1.29 is 4.79 Å². The minimum absolute atomic E-state index is 0.0765. The van der Waals surface area contributed by atoms with Crippen molar-refractivity contribution in [2.24, 2.45) is 11.7 Å². The van der Waals surface area contributed by atoms with Crippen molar-refractivity contribution in [1.29, 1.82) is 0 Å². The molecule has 1 amide bonds. The van der Waals surface area contributed by atoms with Gasteiger partial charge in [-0.2, -0.15) is 0 Å². The smallest absolute Gasteiger partial charge is 0.239 e. The van der Waals surface area contributed by atoms with E-state index < -0.39 is 6.04 Å². The van der Waals surface area contributed by atoms with Crippen LogP contribution < -0.4 is 5.73 Å². The maximum atomic E-state index is 12.5. The van der Waals surface area contributed by atoms with Crippen molar-refractivity contribution in [1.82, 2.24) is 4.90 Å². The minimum atomic E-state index is -0.434. The quantitative estimate of drug-likeness (QED) is 0.917. The number of carbonyl (C=O) groups is 1. The summed E-state index contributed by atoms with van der Waals surface area (Å²) in [6.45, 7) is 2.25. The van der Waals surface area contributed by atoms with Crippen LogP contribution in [0.25, 0.3) is 0 Å². The van der Waals surface area contributed by atoms with Gasteiger partial charge in [-0.25, -0.2) is 0 Å². The molecule has 3 heteroatoms. The predicted molar refractivity (Wildman–Crippen MR) is 82.3 cm³/mol. The average Bonchev–Trinajstić information content (AvgIpc) is 2.47. The summed E-state index contributed by atoms with van der Waals surface area (Å²) in [4.78, 5) is 14.4. The molecule has 2 N–H and O–H groups in total. The van der Waals surface area contributed by atoms with E-state index in [0.29, 0.717) is 18.4 Å². The van der Waals surface area contributed by atoms with Gasteiger partial charge in [0.1, 0.15) is 0 Å². The standard InChI is InChI=1S/C17H26N2O/c1-13-8-6-7-11-16(13)19(2)17(20)15(18)12-14-9-4-3-5-10-14/h3-5,9-10,13,15-16H,6-8,11-12,18H2,1-2H3/t13?,15-,16?/m0/s1. The molecule has 2 unspecified atom stereocenters. The Labute approximate surface area is 122 Å². The third-order valence-electron chi connectivity index (χ3n) is 4.53. The number of hydrogen-bond acceptors (Lipinski definition) is 2. The van der Waals surface area contributed by atoms with E-state index in [1.54, 1.807) is 0 Å². The van der Waals surface area contributed by atoms with Crippen LogP contribution in [0, 0.1) is 5.92 Å². The Balaban J connectivity index is 1.95. The molecular weight excluding hydrogens is 248 g/mol. The van der Waals surface area contributed by atoms with Crippen molar-refractivity contribution in [3.63, 3.8) is 0 Å². The Kier molecular flexibility index (Phi) is 5.18. The first-order valence-corrected chi connectivity index (χ1v) is 7.65. The first-order valence-electron chi connectivity index (χ1n) is 7.65. The van der Waals surface area contributed by atoms with Crippen LogP contribution in [0.1, 0.15) is 38.2 Å². The van der Waals surface area contributed by atoms with Gasteiger partial charge in [0.2, 0.25) is 5.91 Å². The lowest BCUT2D eigenvalue weighted by molar-refractivity contribution is -0.135. The fourth-order valence-electron chi connectivity index (χ4n) is 3.25. The molecule has 0 spiro atoms. The zero-order chi connectivity index (χ0) is 14.5. The van der Waals surface area contributed by atoms with Crippen LogP contribution in [0.4, 0.5) is 0 Å². The van der Waals surface area contributed by atoms with E-state index in [4.69, 9.17) is 5.73 Å². The molecule has 0 radical (unpaired) electrons. The Bertz CT molecular complexity index is 432. The Morgan fingerprint density at radius 2 is 1.95 bits per heavy atom. The molecule has 3 nitrogen and oxygen atoms in total. The van der Waals surface area contributed by atoms with Gasteiger partial charge < -0.3 is 10.6 Å². The van der Waals surface area contributed by atoms with Gasteiger partial charge in [0.15, 0.2) is 0 Å². The zero-order valence-electron chi connectivity index (χ0n) is 12.6. The van der Waals surface area contributed by atoms with Crippen molar-refractivity contribution in [2.75, 3.05) is 7.05 Å². The second-order valence-electron chi connectivity index (χ2n) is 6.07. The normalized spacial score (nSPS) is 24.1. The molecule has 1 aromatic carbocycles. The predicted octanol–water partition coefficient (Wildman–Crippen LogP) is 2.59. The highest BCUT2D eigenvalue weighted by Crippen LogP contribution is 2.27. The SMILES string of the molecule is CC1CCCCC1N(C)C(=O)[C@@H](N)Cc1ccccc1. The summed E-state index contributed by atoms with van der Waals surface area (Å²) in [5.41, 5.74) is 7.23. The lowest BCUT2D eigenvalue weighted by Crippen LogP contribution is -2.50. The molecule has 110 valence electrons. The number of amides is 1. The van der Waals surface area contributed by atoms with Crippen molar-refractivity contribution in [2.45, 2.75) is 51.1 Å². The van der Waals surface area contributed by atoms with Gasteiger partial charge >= 0.3 is 0 Å². The molecule has 3 atom stereocenters. The molecule has 0 aliphatic heterocycles. The molecule has 20 heavy (non-hydrogen) atoms. The number of nitrogens with two attached hydrogens (primary N) is 1. The molecule has 2 rings (SSSR count). The molecule has 1 aliphatic rings. The van der Waals surface area contributed by atoms with E-state index in [2.05, 4.69) is 6.92 Å². The highest BCUT2D eigenvalue weighted by Gasteiger charge is 2.30. The zero-order valence-corrected chi connectivity index (χ0v) is 12.6. The number of rotatable bonds is 4. The molecule has 0 heterocycles.